The van der Waals surface area contributed by atoms with Gasteiger partial charge in [-0.2, -0.15) is 0 Å². The molecule has 0 bridgehead atoms. The lowest BCUT2D eigenvalue weighted by molar-refractivity contribution is 0.438. The smallest absolute Gasteiger partial charge is 0.140 e. The van der Waals surface area contributed by atoms with Gasteiger partial charge in [-0.3, -0.25) is 0 Å². The van der Waals surface area contributed by atoms with Crippen LogP contribution in [0.3, 0.4) is 0 Å². The summed E-state index contributed by atoms with van der Waals surface area (Å²) in [6.45, 7) is 4.75. The molecule has 288 valence electrons. The Hall–Kier alpha value is -7.20. The minimum absolute atomic E-state index is 0.168. The highest BCUT2D eigenvalue weighted by Gasteiger charge is 2.52. The van der Waals surface area contributed by atoms with Crippen LogP contribution in [0.2, 0.25) is 0 Å². The minimum atomic E-state index is -0.634. The quantitative estimate of drug-likeness (QED) is 0.176. The van der Waals surface area contributed by atoms with Crippen LogP contribution in [0.25, 0.3) is 53.6 Å². The molecule has 0 fully saturated rings. The normalized spacial score (nSPS) is 14.5. The molecule has 3 aliphatic rings. The van der Waals surface area contributed by atoms with E-state index in [4.69, 9.17) is 4.74 Å². The van der Waals surface area contributed by atoms with Gasteiger partial charge in [0.1, 0.15) is 11.5 Å². The van der Waals surface area contributed by atoms with Gasteiger partial charge in [0.25, 0.3) is 0 Å². The number of hydrogen-bond donors (Lipinski definition) is 0. The van der Waals surface area contributed by atoms with Crippen LogP contribution >= 0.6 is 11.3 Å². The fourth-order valence-electron chi connectivity index (χ4n) is 11.1. The third-order valence-electron chi connectivity index (χ3n) is 13.7. The maximum atomic E-state index is 7.25. The van der Waals surface area contributed by atoms with Crippen molar-refractivity contribution < 1.29 is 4.74 Å². The van der Waals surface area contributed by atoms with Gasteiger partial charge < -0.3 is 9.64 Å². The standard InChI is InChI=1S/C58H39NOS/c1-57(2)45-23-10-6-19-39(45)42-32-31-37(34-49(42)57)59(51-27-16-30-54-55(51)43-22-9-15-29-53(43)61-54)38-33-44(36-17-4-3-5-18-36)56-50(35-38)58(48-26-13-14-28-52(48)60-56)46-24-11-7-20-40(46)41-21-8-12-25-47(41)58/h3-35H,1-2H3. The lowest BCUT2D eigenvalue weighted by Crippen LogP contribution is -2.32. The highest BCUT2D eigenvalue weighted by atomic mass is 32.1. The molecule has 0 saturated heterocycles. The highest BCUT2D eigenvalue weighted by molar-refractivity contribution is 7.26. The first-order valence-corrected chi connectivity index (χ1v) is 22.0. The van der Waals surface area contributed by atoms with Crippen LogP contribution in [-0.4, -0.2) is 0 Å². The molecule has 1 aliphatic heterocycles. The molecule has 0 saturated carbocycles. The Balaban J connectivity index is 1.17. The molecule has 61 heavy (non-hydrogen) atoms. The molecular formula is C58H39NOS. The van der Waals surface area contributed by atoms with Gasteiger partial charge in [0.05, 0.1) is 11.1 Å². The van der Waals surface area contributed by atoms with Gasteiger partial charge in [0.15, 0.2) is 0 Å². The third kappa shape index (κ3) is 4.67. The number of para-hydroxylation sites is 1. The van der Waals surface area contributed by atoms with Crippen LogP contribution in [0.1, 0.15) is 47.2 Å². The van der Waals surface area contributed by atoms with E-state index in [1.54, 1.807) is 0 Å². The summed E-state index contributed by atoms with van der Waals surface area (Å²) >= 11 is 1.86. The topological polar surface area (TPSA) is 12.5 Å². The molecule has 0 radical (unpaired) electrons. The van der Waals surface area contributed by atoms with Gasteiger partial charge in [-0.15, -0.1) is 11.3 Å². The molecule has 10 aromatic rings. The van der Waals surface area contributed by atoms with Gasteiger partial charge >= 0.3 is 0 Å². The molecule has 2 nitrogen and oxygen atoms in total. The van der Waals surface area contributed by atoms with E-state index >= 15 is 0 Å². The largest absolute Gasteiger partial charge is 0.456 e. The fraction of sp³-hybridized carbons (Fsp3) is 0.0690. The van der Waals surface area contributed by atoms with E-state index in [-0.39, 0.29) is 5.41 Å². The fourth-order valence-corrected chi connectivity index (χ4v) is 12.2. The van der Waals surface area contributed by atoms with E-state index in [1.165, 1.54) is 64.7 Å². The summed E-state index contributed by atoms with van der Waals surface area (Å²) in [5, 5.41) is 2.53. The van der Waals surface area contributed by atoms with Crippen molar-refractivity contribution in [2.45, 2.75) is 24.7 Å². The van der Waals surface area contributed by atoms with E-state index in [0.29, 0.717) is 0 Å². The zero-order chi connectivity index (χ0) is 40.5. The molecule has 0 unspecified atom stereocenters. The summed E-state index contributed by atoms with van der Waals surface area (Å²) in [6.07, 6.45) is 0. The summed E-state index contributed by atoms with van der Waals surface area (Å²) in [4.78, 5) is 2.54. The van der Waals surface area contributed by atoms with Crippen molar-refractivity contribution >= 4 is 48.6 Å². The second-order valence-electron chi connectivity index (χ2n) is 17.2. The molecule has 9 aromatic carbocycles. The predicted molar refractivity (Wildman–Crippen MR) is 254 cm³/mol. The first-order valence-electron chi connectivity index (χ1n) is 21.2. The van der Waals surface area contributed by atoms with Gasteiger partial charge in [0.2, 0.25) is 0 Å². The maximum absolute atomic E-state index is 7.25. The lowest BCUT2D eigenvalue weighted by atomic mass is 9.65. The van der Waals surface area contributed by atoms with Crippen molar-refractivity contribution in [1.29, 1.82) is 0 Å². The van der Waals surface area contributed by atoms with E-state index in [2.05, 4.69) is 219 Å². The van der Waals surface area contributed by atoms with Crippen molar-refractivity contribution in [3.05, 3.63) is 234 Å². The van der Waals surface area contributed by atoms with Crippen molar-refractivity contribution in [3.8, 4) is 44.9 Å². The number of ether oxygens (including phenoxy) is 1. The summed E-state index contributed by atoms with van der Waals surface area (Å²) in [5.74, 6) is 1.78. The zero-order valence-corrected chi connectivity index (χ0v) is 34.6. The average molecular weight is 798 g/mol. The van der Waals surface area contributed by atoms with E-state index in [1.807, 2.05) is 11.3 Å². The molecule has 13 rings (SSSR count). The first-order chi connectivity index (χ1) is 30.0. The monoisotopic (exact) mass is 797 g/mol. The number of hydrogen-bond acceptors (Lipinski definition) is 3. The van der Waals surface area contributed by atoms with Gasteiger partial charge in [-0.1, -0.05) is 166 Å². The van der Waals surface area contributed by atoms with Crippen LogP contribution in [0.4, 0.5) is 17.1 Å². The Kier molecular flexibility index (Phi) is 7.19. The molecule has 2 aliphatic carbocycles. The van der Waals surface area contributed by atoms with Crippen LogP contribution < -0.4 is 9.64 Å². The predicted octanol–water partition coefficient (Wildman–Crippen LogP) is 16.0. The lowest BCUT2D eigenvalue weighted by Gasteiger charge is -2.41. The van der Waals surface area contributed by atoms with Crippen LogP contribution in [0, 0.1) is 0 Å². The number of thiophene rings is 1. The number of benzene rings is 9. The number of fused-ring (bicyclic) bond motifs is 15. The van der Waals surface area contributed by atoms with E-state index in [0.717, 1.165) is 50.8 Å². The van der Waals surface area contributed by atoms with Gasteiger partial charge in [-0.05, 0) is 98.6 Å². The van der Waals surface area contributed by atoms with Crippen LogP contribution in [-0.2, 0) is 10.8 Å². The number of anilines is 3. The maximum Gasteiger partial charge on any atom is 0.140 e. The molecule has 0 atom stereocenters. The molecule has 3 heteroatoms. The van der Waals surface area contributed by atoms with Crippen LogP contribution in [0.15, 0.2) is 200 Å². The van der Waals surface area contributed by atoms with Crippen molar-refractivity contribution in [1.82, 2.24) is 0 Å². The minimum Gasteiger partial charge on any atom is -0.456 e. The summed E-state index contributed by atoms with van der Waals surface area (Å²) in [5.41, 5.74) is 17.4. The first kappa shape index (κ1) is 34.6. The Morgan fingerprint density at radius 3 is 1.79 bits per heavy atom. The summed E-state index contributed by atoms with van der Waals surface area (Å²) < 4.78 is 9.80. The second-order valence-corrected chi connectivity index (χ2v) is 18.2. The number of nitrogens with zero attached hydrogens (tertiary/aromatic N) is 1. The average Bonchev–Trinajstić information content (AvgIpc) is 3.91. The van der Waals surface area contributed by atoms with Crippen molar-refractivity contribution in [2.24, 2.45) is 0 Å². The summed E-state index contributed by atoms with van der Waals surface area (Å²) in [6, 6.07) is 74.1. The van der Waals surface area contributed by atoms with Gasteiger partial charge in [0, 0.05) is 53.7 Å². The Morgan fingerprint density at radius 2 is 1.02 bits per heavy atom. The van der Waals surface area contributed by atoms with Crippen LogP contribution in [0.5, 0.6) is 11.5 Å². The highest BCUT2D eigenvalue weighted by Crippen LogP contribution is 2.64. The summed E-state index contributed by atoms with van der Waals surface area (Å²) in [7, 11) is 0. The van der Waals surface area contributed by atoms with Crippen molar-refractivity contribution in [2.75, 3.05) is 4.90 Å². The van der Waals surface area contributed by atoms with Crippen molar-refractivity contribution in [3.63, 3.8) is 0 Å². The molecule has 0 amide bonds. The molecule has 1 spiro atoms. The molecule has 1 aromatic heterocycles. The SMILES string of the molecule is CC1(C)c2ccccc2-c2ccc(N(c3cc(-c4ccccc4)c4c(c3)C3(c5ccccc5O4)c4ccccc4-c4ccccc43)c3cccc4sc5ccccc5c34)cc21. The second kappa shape index (κ2) is 12.7. The third-order valence-corrected chi connectivity index (χ3v) is 14.9. The van der Waals surface area contributed by atoms with E-state index < -0.39 is 5.41 Å². The molecular weight excluding hydrogens is 759 g/mol. The zero-order valence-electron chi connectivity index (χ0n) is 33.8. The van der Waals surface area contributed by atoms with E-state index in [9.17, 15) is 0 Å². The van der Waals surface area contributed by atoms with Gasteiger partial charge in [-0.25, -0.2) is 0 Å². The Labute approximate surface area is 359 Å². The Morgan fingerprint density at radius 1 is 0.426 bits per heavy atom. The molecule has 2 heterocycles. The Bertz CT molecular complexity index is 3400. The number of rotatable bonds is 4. The molecule has 0 N–H and O–H groups in total.